The molecule has 1 fully saturated rings. The molecule has 1 N–H and O–H groups in total. The van der Waals surface area contributed by atoms with Gasteiger partial charge < -0.3 is 5.11 Å². The number of hydrogen-bond acceptors (Lipinski definition) is 1. The molecule has 0 aliphatic heterocycles. The highest BCUT2D eigenvalue weighted by Crippen LogP contribution is 2.46. The van der Waals surface area contributed by atoms with Gasteiger partial charge in [-0.15, -0.1) is 6.58 Å². The predicted octanol–water partition coefficient (Wildman–Crippen LogP) is 2.11. The van der Waals surface area contributed by atoms with Crippen LogP contribution in [0.2, 0.25) is 0 Å². The van der Waals surface area contributed by atoms with Crippen molar-refractivity contribution < 1.29 is 5.11 Å². The van der Waals surface area contributed by atoms with Crippen LogP contribution in [0.4, 0.5) is 0 Å². The van der Waals surface area contributed by atoms with E-state index in [0.717, 1.165) is 19.3 Å². The summed E-state index contributed by atoms with van der Waals surface area (Å²) in [5.74, 6) is 0. The molecule has 0 saturated heterocycles. The van der Waals surface area contributed by atoms with Crippen molar-refractivity contribution in [1.82, 2.24) is 0 Å². The Hall–Kier alpha value is -0.300. The predicted molar refractivity (Wildman–Crippen MR) is 42.8 cm³/mol. The third kappa shape index (κ3) is 0.891. The quantitative estimate of drug-likeness (QED) is 0.553. The summed E-state index contributed by atoms with van der Waals surface area (Å²) in [7, 11) is 0. The monoisotopic (exact) mass is 140 g/mol. The van der Waals surface area contributed by atoms with E-state index in [4.69, 9.17) is 0 Å². The van der Waals surface area contributed by atoms with Gasteiger partial charge in [0.05, 0.1) is 5.60 Å². The highest BCUT2D eigenvalue weighted by molar-refractivity contribution is 5.08. The Balaban J connectivity index is 2.85. The van der Waals surface area contributed by atoms with Gasteiger partial charge in [0.15, 0.2) is 0 Å². The van der Waals surface area contributed by atoms with Crippen LogP contribution in [0.5, 0.6) is 0 Å². The lowest BCUT2D eigenvalue weighted by molar-refractivity contribution is 0.00298. The van der Waals surface area contributed by atoms with Crippen molar-refractivity contribution in [1.29, 1.82) is 0 Å². The fraction of sp³-hybridized carbons (Fsp3) is 0.778. The van der Waals surface area contributed by atoms with Gasteiger partial charge >= 0.3 is 0 Å². The third-order valence-corrected chi connectivity index (χ3v) is 2.87. The van der Waals surface area contributed by atoms with Crippen LogP contribution in [-0.2, 0) is 0 Å². The Morgan fingerprint density at radius 3 is 2.20 bits per heavy atom. The van der Waals surface area contributed by atoms with Crippen LogP contribution in [0.3, 0.4) is 0 Å². The van der Waals surface area contributed by atoms with Crippen LogP contribution in [0.1, 0.15) is 33.1 Å². The second-order valence-corrected chi connectivity index (χ2v) is 3.87. The molecule has 1 atom stereocenters. The summed E-state index contributed by atoms with van der Waals surface area (Å²) >= 11 is 0. The molecule has 1 saturated carbocycles. The first-order chi connectivity index (χ1) is 4.52. The first kappa shape index (κ1) is 7.80. The van der Waals surface area contributed by atoms with Gasteiger partial charge in [0, 0.05) is 0 Å². The first-order valence-electron chi connectivity index (χ1n) is 3.88. The van der Waals surface area contributed by atoms with E-state index >= 15 is 0 Å². The van der Waals surface area contributed by atoms with Crippen LogP contribution in [0.15, 0.2) is 12.7 Å². The zero-order chi connectivity index (χ0) is 7.83. The molecule has 0 spiro atoms. The zero-order valence-corrected chi connectivity index (χ0v) is 6.85. The molecule has 0 heterocycles. The molecule has 10 heavy (non-hydrogen) atoms. The molecule has 1 rings (SSSR count). The molecule has 0 aromatic heterocycles. The molecular formula is C9H16O. The summed E-state index contributed by atoms with van der Waals surface area (Å²) in [6.07, 6.45) is 4.80. The Morgan fingerprint density at radius 2 is 2.00 bits per heavy atom. The van der Waals surface area contributed by atoms with Gasteiger partial charge in [0.1, 0.15) is 0 Å². The lowest BCUT2D eigenvalue weighted by Crippen LogP contribution is -2.37. The van der Waals surface area contributed by atoms with Crippen LogP contribution in [0, 0.1) is 5.41 Å². The van der Waals surface area contributed by atoms with Crippen LogP contribution >= 0.6 is 0 Å². The maximum atomic E-state index is 9.91. The second-order valence-electron chi connectivity index (χ2n) is 3.87. The molecule has 0 unspecified atom stereocenters. The van der Waals surface area contributed by atoms with Crippen molar-refractivity contribution in [2.75, 3.05) is 0 Å². The minimum atomic E-state index is -0.604. The van der Waals surface area contributed by atoms with E-state index in [-0.39, 0.29) is 5.41 Å². The molecule has 1 aliphatic carbocycles. The molecule has 0 radical (unpaired) electrons. The Bertz CT molecular complexity index is 149. The molecule has 0 amide bonds. The van der Waals surface area contributed by atoms with Crippen molar-refractivity contribution in [3.8, 4) is 0 Å². The smallest absolute Gasteiger partial charge is 0.0875 e. The Labute approximate surface area is 62.8 Å². The summed E-state index contributed by atoms with van der Waals surface area (Å²) in [6.45, 7) is 7.86. The topological polar surface area (TPSA) is 20.2 Å². The van der Waals surface area contributed by atoms with E-state index in [1.165, 1.54) is 0 Å². The summed E-state index contributed by atoms with van der Waals surface area (Å²) < 4.78 is 0. The van der Waals surface area contributed by atoms with E-state index < -0.39 is 5.60 Å². The lowest BCUT2D eigenvalue weighted by Gasteiger charge is -2.33. The Kier molecular flexibility index (Phi) is 1.63. The van der Waals surface area contributed by atoms with Crippen molar-refractivity contribution in [2.24, 2.45) is 5.41 Å². The van der Waals surface area contributed by atoms with Gasteiger partial charge in [0.25, 0.3) is 0 Å². The number of hydrogen-bond donors (Lipinski definition) is 1. The van der Waals surface area contributed by atoms with Gasteiger partial charge in [-0.05, 0) is 24.7 Å². The molecule has 1 aliphatic rings. The molecule has 1 heteroatoms. The average Bonchev–Trinajstić information content (AvgIpc) is 2.10. The molecular weight excluding hydrogens is 124 g/mol. The Morgan fingerprint density at radius 1 is 1.40 bits per heavy atom. The van der Waals surface area contributed by atoms with E-state index in [1.54, 1.807) is 6.08 Å². The van der Waals surface area contributed by atoms with E-state index in [1.807, 2.05) is 0 Å². The number of aliphatic hydroxyl groups is 1. The van der Waals surface area contributed by atoms with Crippen LogP contribution in [0.25, 0.3) is 0 Å². The highest BCUT2D eigenvalue weighted by Gasteiger charge is 2.44. The fourth-order valence-electron chi connectivity index (χ4n) is 1.73. The molecule has 0 aromatic carbocycles. The SMILES string of the molecule is C=C[C@]1(O)CCCC1(C)C. The summed E-state index contributed by atoms with van der Waals surface area (Å²) in [5.41, 5.74) is -0.568. The van der Waals surface area contributed by atoms with Crippen LogP contribution in [-0.4, -0.2) is 10.7 Å². The van der Waals surface area contributed by atoms with Gasteiger partial charge in [0.2, 0.25) is 0 Å². The lowest BCUT2D eigenvalue weighted by atomic mass is 9.78. The second kappa shape index (κ2) is 2.09. The van der Waals surface area contributed by atoms with Crippen molar-refractivity contribution >= 4 is 0 Å². The van der Waals surface area contributed by atoms with Gasteiger partial charge in [-0.3, -0.25) is 0 Å². The minimum absolute atomic E-state index is 0.0365. The zero-order valence-electron chi connectivity index (χ0n) is 6.85. The van der Waals surface area contributed by atoms with Gasteiger partial charge in [-0.25, -0.2) is 0 Å². The van der Waals surface area contributed by atoms with E-state index in [2.05, 4.69) is 20.4 Å². The van der Waals surface area contributed by atoms with Gasteiger partial charge in [-0.2, -0.15) is 0 Å². The summed E-state index contributed by atoms with van der Waals surface area (Å²) in [4.78, 5) is 0. The summed E-state index contributed by atoms with van der Waals surface area (Å²) in [6, 6.07) is 0. The minimum Gasteiger partial charge on any atom is -0.385 e. The van der Waals surface area contributed by atoms with Gasteiger partial charge in [-0.1, -0.05) is 19.9 Å². The molecule has 58 valence electrons. The normalized spacial score (nSPS) is 37.9. The number of rotatable bonds is 1. The maximum absolute atomic E-state index is 9.91. The fourth-order valence-corrected chi connectivity index (χ4v) is 1.73. The van der Waals surface area contributed by atoms with Crippen molar-refractivity contribution in [3.63, 3.8) is 0 Å². The van der Waals surface area contributed by atoms with Crippen LogP contribution < -0.4 is 0 Å². The van der Waals surface area contributed by atoms with E-state index in [0.29, 0.717) is 0 Å². The van der Waals surface area contributed by atoms with E-state index in [9.17, 15) is 5.11 Å². The largest absolute Gasteiger partial charge is 0.385 e. The van der Waals surface area contributed by atoms with Crippen molar-refractivity contribution in [3.05, 3.63) is 12.7 Å². The first-order valence-corrected chi connectivity index (χ1v) is 3.88. The highest BCUT2D eigenvalue weighted by atomic mass is 16.3. The standard InChI is InChI=1S/C9H16O/c1-4-9(10)7-5-6-8(9,2)3/h4,10H,1,5-7H2,2-3H3/t9-/m0/s1. The summed E-state index contributed by atoms with van der Waals surface area (Å²) in [5, 5.41) is 9.91. The molecule has 0 aromatic rings. The molecule has 0 bridgehead atoms. The maximum Gasteiger partial charge on any atom is 0.0875 e. The molecule has 1 nitrogen and oxygen atoms in total. The average molecular weight is 140 g/mol. The third-order valence-electron chi connectivity index (χ3n) is 2.87. The van der Waals surface area contributed by atoms with Crippen molar-refractivity contribution in [2.45, 2.75) is 38.7 Å².